The maximum absolute atomic E-state index is 12.8. The molecule has 0 radical (unpaired) electrons. The quantitative estimate of drug-likeness (QED) is 0.526. The van der Waals surface area contributed by atoms with Gasteiger partial charge >= 0.3 is 0 Å². The van der Waals surface area contributed by atoms with Crippen LogP contribution in [0.1, 0.15) is 11.3 Å². The van der Waals surface area contributed by atoms with Crippen LogP contribution in [0.3, 0.4) is 0 Å². The number of hydrogen-bond donors (Lipinski definition) is 2. The normalized spacial score (nSPS) is 12.3. The summed E-state index contributed by atoms with van der Waals surface area (Å²) in [6.45, 7) is 0.213. The maximum atomic E-state index is 12.8. The minimum Gasteiger partial charge on any atom is -0.349 e. The Morgan fingerprint density at radius 2 is 1.66 bits per heavy atom. The molecule has 3 rings (SSSR count). The molecule has 0 aliphatic heterocycles. The molecule has 0 saturated carbocycles. The summed E-state index contributed by atoms with van der Waals surface area (Å²) in [7, 11) is -3.87. The molecule has 8 heteroatoms. The third kappa shape index (κ3) is 6.22. The van der Waals surface area contributed by atoms with Crippen LogP contribution in [-0.2, 0) is 27.8 Å². The van der Waals surface area contributed by atoms with Crippen LogP contribution >= 0.6 is 15.9 Å². The lowest BCUT2D eigenvalue weighted by Gasteiger charge is -2.19. The first-order valence-electron chi connectivity index (χ1n) is 8.93. The van der Waals surface area contributed by atoms with Gasteiger partial charge < -0.3 is 5.32 Å². The van der Waals surface area contributed by atoms with Gasteiger partial charge in [0.25, 0.3) is 0 Å². The summed E-state index contributed by atoms with van der Waals surface area (Å²) >= 11 is 3.29. The zero-order chi connectivity index (χ0) is 20.7. The van der Waals surface area contributed by atoms with Crippen LogP contribution in [0.5, 0.6) is 0 Å². The Morgan fingerprint density at radius 1 is 0.966 bits per heavy atom. The highest BCUT2D eigenvalue weighted by molar-refractivity contribution is 9.10. The summed E-state index contributed by atoms with van der Waals surface area (Å²) in [5.41, 5.74) is 1.54. The average Bonchev–Trinajstić information content (AvgIpc) is 2.73. The third-order valence-corrected chi connectivity index (χ3v) is 6.21. The number of aromatic nitrogens is 1. The van der Waals surface area contributed by atoms with E-state index in [1.54, 1.807) is 30.5 Å². The number of sulfonamides is 1. The van der Waals surface area contributed by atoms with Crippen molar-refractivity contribution < 1.29 is 13.2 Å². The van der Waals surface area contributed by atoms with Crippen LogP contribution in [0.15, 0.2) is 88.4 Å². The fourth-order valence-corrected chi connectivity index (χ4v) is 4.17. The molecule has 0 spiro atoms. The monoisotopic (exact) mass is 473 g/mol. The van der Waals surface area contributed by atoms with Crippen LogP contribution in [0, 0.1) is 0 Å². The smallest absolute Gasteiger partial charge is 0.241 e. The molecule has 0 bridgehead atoms. The Bertz CT molecular complexity index is 1040. The first kappa shape index (κ1) is 21.2. The van der Waals surface area contributed by atoms with E-state index in [-0.39, 0.29) is 17.9 Å². The van der Waals surface area contributed by atoms with Gasteiger partial charge in [-0.3, -0.25) is 9.78 Å². The Balaban J connectivity index is 1.78. The molecule has 1 aromatic heterocycles. The van der Waals surface area contributed by atoms with Gasteiger partial charge in [0.2, 0.25) is 15.9 Å². The molecule has 0 unspecified atom stereocenters. The third-order valence-electron chi connectivity index (χ3n) is 4.19. The summed E-state index contributed by atoms with van der Waals surface area (Å²) in [6.07, 6.45) is 1.86. The minimum atomic E-state index is -3.87. The standard InChI is InChI=1S/C21H20BrN3O3S/c22-17-9-11-19(12-10-17)29(27,28)25-20(14-16-6-2-1-3-7-16)21(26)24-15-18-8-4-5-13-23-18/h1-13,20,25H,14-15H2,(H,24,26)/t20-/m0/s1. The number of carbonyl (C=O) groups is 1. The number of pyridine rings is 1. The number of carbonyl (C=O) groups excluding carboxylic acids is 1. The average molecular weight is 474 g/mol. The van der Waals surface area contributed by atoms with E-state index in [2.05, 4.69) is 31.0 Å². The van der Waals surface area contributed by atoms with E-state index in [1.165, 1.54) is 12.1 Å². The first-order valence-corrected chi connectivity index (χ1v) is 11.2. The van der Waals surface area contributed by atoms with Crippen molar-refractivity contribution in [2.45, 2.75) is 23.9 Å². The number of amides is 1. The van der Waals surface area contributed by atoms with Gasteiger partial charge in [-0.1, -0.05) is 52.3 Å². The number of halogens is 1. The Morgan fingerprint density at radius 3 is 2.31 bits per heavy atom. The van der Waals surface area contributed by atoms with Gasteiger partial charge in [-0.25, -0.2) is 8.42 Å². The molecule has 6 nitrogen and oxygen atoms in total. The van der Waals surface area contributed by atoms with E-state index in [4.69, 9.17) is 0 Å². The molecule has 29 heavy (non-hydrogen) atoms. The largest absolute Gasteiger partial charge is 0.349 e. The first-order chi connectivity index (χ1) is 13.9. The molecule has 150 valence electrons. The van der Waals surface area contributed by atoms with E-state index >= 15 is 0 Å². The van der Waals surface area contributed by atoms with E-state index in [0.717, 1.165) is 10.0 Å². The van der Waals surface area contributed by atoms with Crippen LogP contribution < -0.4 is 10.0 Å². The van der Waals surface area contributed by atoms with E-state index in [9.17, 15) is 13.2 Å². The molecule has 2 N–H and O–H groups in total. The van der Waals surface area contributed by atoms with E-state index in [0.29, 0.717) is 5.69 Å². The Hall–Kier alpha value is -2.55. The summed E-state index contributed by atoms with van der Waals surface area (Å²) in [5.74, 6) is -0.416. The molecule has 1 amide bonds. The molecule has 1 atom stereocenters. The van der Waals surface area contributed by atoms with Gasteiger partial charge in [0.1, 0.15) is 6.04 Å². The molecule has 0 saturated heterocycles. The van der Waals surface area contributed by atoms with E-state index in [1.807, 2.05) is 36.4 Å². The number of nitrogens with zero attached hydrogens (tertiary/aromatic N) is 1. The van der Waals surface area contributed by atoms with Crippen molar-refractivity contribution in [2.75, 3.05) is 0 Å². The lowest BCUT2D eigenvalue weighted by atomic mass is 10.1. The van der Waals surface area contributed by atoms with Crippen molar-refractivity contribution in [1.82, 2.24) is 15.0 Å². The second-order valence-electron chi connectivity index (χ2n) is 6.36. The van der Waals surface area contributed by atoms with Gasteiger partial charge in [0, 0.05) is 10.7 Å². The predicted molar refractivity (Wildman–Crippen MR) is 114 cm³/mol. The predicted octanol–water partition coefficient (Wildman–Crippen LogP) is 3.05. The highest BCUT2D eigenvalue weighted by atomic mass is 79.9. The van der Waals surface area contributed by atoms with Crippen molar-refractivity contribution in [2.24, 2.45) is 0 Å². The molecular weight excluding hydrogens is 454 g/mol. The van der Waals surface area contributed by atoms with Crippen molar-refractivity contribution in [3.63, 3.8) is 0 Å². The van der Waals surface area contributed by atoms with Crippen LogP contribution in [0.2, 0.25) is 0 Å². The van der Waals surface area contributed by atoms with Gasteiger partial charge in [0.15, 0.2) is 0 Å². The summed E-state index contributed by atoms with van der Waals surface area (Å²) in [5, 5.41) is 2.77. The van der Waals surface area contributed by atoms with Crippen molar-refractivity contribution >= 4 is 31.9 Å². The SMILES string of the molecule is O=C(NCc1ccccn1)[C@H](Cc1ccccc1)NS(=O)(=O)c1ccc(Br)cc1. The van der Waals surface area contributed by atoms with Crippen molar-refractivity contribution in [3.05, 3.63) is 94.7 Å². The number of hydrogen-bond acceptors (Lipinski definition) is 4. The fourth-order valence-electron chi connectivity index (χ4n) is 2.71. The minimum absolute atomic E-state index is 0.0938. The van der Waals surface area contributed by atoms with E-state index < -0.39 is 22.0 Å². The summed E-state index contributed by atoms with van der Waals surface area (Å²) in [4.78, 5) is 17.1. The number of rotatable bonds is 8. The molecular formula is C21H20BrN3O3S. The highest BCUT2D eigenvalue weighted by Crippen LogP contribution is 2.16. The molecule has 0 aliphatic carbocycles. The molecule has 2 aromatic carbocycles. The van der Waals surface area contributed by atoms with Gasteiger partial charge in [-0.15, -0.1) is 0 Å². The van der Waals surface area contributed by atoms with Gasteiger partial charge in [-0.2, -0.15) is 4.72 Å². The fraction of sp³-hybridized carbons (Fsp3) is 0.143. The zero-order valence-electron chi connectivity index (χ0n) is 15.5. The second-order valence-corrected chi connectivity index (χ2v) is 8.99. The summed E-state index contributed by atoms with van der Waals surface area (Å²) < 4.78 is 28.9. The summed E-state index contributed by atoms with van der Waals surface area (Å²) in [6, 6.07) is 20.0. The lowest BCUT2D eigenvalue weighted by molar-refractivity contribution is -0.122. The second kappa shape index (κ2) is 9.78. The van der Waals surface area contributed by atoms with Crippen molar-refractivity contribution in [1.29, 1.82) is 0 Å². The van der Waals surface area contributed by atoms with Crippen molar-refractivity contribution in [3.8, 4) is 0 Å². The maximum Gasteiger partial charge on any atom is 0.241 e. The zero-order valence-corrected chi connectivity index (χ0v) is 17.9. The van der Waals surface area contributed by atoms with Crippen LogP contribution in [0.4, 0.5) is 0 Å². The Labute approximate surface area is 178 Å². The van der Waals surface area contributed by atoms with Gasteiger partial charge in [-0.05, 0) is 48.4 Å². The number of benzene rings is 2. The molecule has 0 fully saturated rings. The molecule has 0 aliphatic rings. The van der Waals surface area contributed by atoms with Crippen LogP contribution in [0.25, 0.3) is 0 Å². The lowest BCUT2D eigenvalue weighted by Crippen LogP contribution is -2.47. The molecule has 3 aromatic rings. The van der Waals surface area contributed by atoms with Gasteiger partial charge in [0.05, 0.1) is 17.1 Å². The number of nitrogens with one attached hydrogen (secondary N) is 2. The topological polar surface area (TPSA) is 88.2 Å². The molecule has 1 heterocycles. The van der Waals surface area contributed by atoms with Crippen LogP contribution in [-0.4, -0.2) is 25.4 Å². The Kier molecular flexibility index (Phi) is 7.13. The highest BCUT2D eigenvalue weighted by Gasteiger charge is 2.26.